The molecule has 1 unspecified atom stereocenters. The summed E-state index contributed by atoms with van der Waals surface area (Å²) in [4.78, 5) is 18.3. The summed E-state index contributed by atoms with van der Waals surface area (Å²) in [6.07, 6.45) is 2.01. The van der Waals surface area contributed by atoms with Crippen LogP contribution in [-0.2, 0) is 4.79 Å². The molecular weight excluding hydrogens is 242 g/mol. The van der Waals surface area contributed by atoms with Gasteiger partial charge in [0.2, 0.25) is 5.91 Å². The Balaban J connectivity index is 2.17. The standard InChI is InChI=1S/C14H21N3O2/c1-10(18)11-4-6-16-12(8-11)17-7-5-14(2,9-17)13(19)15-3/h4,6,8,10,18H,5,7,9H2,1-3H3,(H,15,19)/t10-,14?/m0/s1. The summed E-state index contributed by atoms with van der Waals surface area (Å²) in [5.41, 5.74) is 0.482. The van der Waals surface area contributed by atoms with Crippen LogP contribution in [0.15, 0.2) is 18.3 Å². The number of hydrogen-bond acceptors (Lipinski definition) is 4. The molecule has 19 heavy (non-hydrogen) atoms. The molecule has 0 aliphatic carbocycles. The summed E-state index contributed by atoms with van der Waals surface area (Å²) in [5.74, 6) is 0.896. The van der Waals surface area contributed by atoms with Gasteiger partial charge >= 0.3 is 0 Å². The summed E-state index contributed by atoms with van der Waals surface area (Å²) in [6, 6.07) is 3.70. The zero-order chi connectivity index (χ0) is 14.0. The average Bonchev–Trinajstić information content (AvgIpc) is 2.82. The van der Waals surface area contributed by atoms with Crippen molar-refractivity contribution in [2.24, 2.45) is 5.41 Å². The van der Waals surface area contributed by atoms with Crippen LogP contribution in [0.25, 0.3) is 0 Å². The molecular formula is C14H21N3O2. The molecule has 1 aromatic rings. The number of pyridine rings is 1. The van der Waals surface area contributed by atoms with E-state index in [2.05, 4.69) is 15.2 Å². The van der Waals surface area contributed by atoms with Gasteiger partial charge in [-0.15, -0.1) is 0 Å². The molecule has 2 rings (SSSR count). The fraction of sp³-hybridized carbons (Fsp3) is 0.571. The normalized spacial score (nSPS) is 24.3. The van der Waals surface area contributed by atoms with Crippen molar-refractivity contribution in [1.29, 1.82) is 0 Å². The van der Waals surface area contributed by atoms with Crippen molar-refractivity contribution >= 4 is 11.7 Å². The van der Waals surface area contributed by atoms with Gasteiger partial charge in [0.1, 0.15) is 5.82 Å². The van der Waals surface area contributed by atoms with Crippen LogP contribution in [0.1, 0.15) is 31.9 Å². The maximum atomic E-state index is 11.9. The Hall–Kier alpha value is -1.62. The molecule has 1 aliphatic rings. The Morgan fingerprint density at radius 1 is 1.63 bits per heavy atom. The predicted octanol–water partition coefficient (Wildman–Crippen LogP) is 1.10. The lowest BCUT2D eigenvalue weighted by atomic mass is 9.89. The first-order chi connectivity index (χ1) is 8.96. The summed E-state index contributed by atoms with van der Waals surface area (Å²) >= 11 is 0. The minimum Gasteiger partial charge on any atom is -0.389 e. The van der Waals surface area contributed by atoms with Gasteiger partial charge in [0.05, 0.1) is 11.5 Å². The van der Waals surface area contributed by atoms with E-state index in [0.29, 0.717) is 6.54 Å². The smallest absolute Gasteiger partial charge is 0.227 e. The number of aromatic nitrogens is 1. The van der Waals surface area contributed by atoms with Crippen LogP contribution < -0.4 is 10.2 Å². The molecule has 0 aromatic carbocycles. The first-order valence-electron chi connectivity index (χ1n) is 6.57. The van der Waals surface area contributed by atoms with Gasteiger partial charge in [0.25, 0.3) is 0 Å². The van der Waals surface area contributed by atoms with Gasteiger partial charge < -0.3 is 15.3 Å². The lowest BCUT2D eigenvalue weighted by molar-refractivity contribution is -0.128. The van der Waals surface area contributed by atoms with Gasteiger partial charge in [-0.1, -0.05) is 0 Å². The number of carbonyl (C=O) groups is 1. The zero-order valence-corrected chi connectivity index (χ0v) is 11.7. The van der Waals surface area contributed by atoms with Crippen LogP contribution in [0.5, 0.6) is 0 Å². The van der Waals surface area contributed by atoms with Crippen LogP contribution in [0, 0.1) is 5.41 Å². The summed E-state index contributed by atoms with van der Waals surface area (Å²) in [7, 11) is 1.67. The SMILES string of the molecule is CNC(=O)C1(C)CCN(c2cc([C@H](C)O)ccn2)C1. The van der Waals surface area contributed by atoms with Crippen LogP contribution in [0.2, 0.25) is 0 Å². The molecule has 1 fully saturated rings. The second-order valence-corrected chi connectivity index (χ2v) is 5.43. The summed E-state index contributed by atoms with van der Waals surface area (Å²) < 4.78 is 0. The second kappa shape index (κ2) is 5.17. The molecule has 5 heteroatoms. The van der Waals surface area contributed by atoms with Gasteiger partial charge in [-0.3, -0.25) is 4.79 Å². The fourth-order valence-electron chi connectivity index (χ4n) is 2.51. The van der Waals surface area contributed by atoms with Gasteiger partial charge in [-0.05, 0) is 38.0 Å². The van der Waals surface area contributed by atoms with Crippen molar-refractivity contribution in [2.45, 2.75) is 26.4 Å². The fourth-order valence-corrected chi connectivity index (χ4v) is 2.51. The molecule has 2 heterocycles. The molecule has 0 radical (unpaired) electrons. The highest BCUT2D eigenvalue weighted by Crippen LogP contribution is 2.33. The molecule has 104 valence electrons. The Labute approximate surface area is 113 Å². The Kier molecular flexibility index (Phi) is 3.75. The topological polar surface area (TPSA) is 65.5 Å². The van der Waals surface area contributed by atoms with Crippen LogP contribution in [0.4, 0.5) is 5.82 Å². The highest BCUT2D eigenvalue weighted by molar-refractivity contribution is 5.83. The van der Waals surface area contributed by atoms with Crippen LogP contribution >= 0.6 is 0 Å². The zero-order valence-electron chi connectivity index (χ0n) is 11.7. The quantitative estimate of drug-likeness (QED) is 0.857. The third-order valence-electron chi connectivity index (χ3n) is 3.82. The first kappa shape index (κ1) is 13.8. The molecule has 0 spiro atoms. The molecule has 2 N–H and O–H groups in total. The number of anilines is 1. The molecule has 1 aliphatic heterocycles. The molecule has 0 bridgehead atoms. The molecule has 1 saturated heterocycles. The number of carbonyl (C=O) groups excluding carboxylic acids is 1. The molecule has 5 nitrogen and oxygen atoms in total. The van der Waals surface area contributed by atoms with Crippen molar-refractivity contribution in [3.05, 3.63) is 23.9 Å². The highest BCUT2D eigenvalue weighted by Gasteiger charge is 2.40. The minimum atomic E-state index is -0.505. The van der Waals surface area contributed by atoms with E-state index in [1.165, 1.54) is 0 Å². The number of aliphatic hydroxyl groups excluding tert-OH is 1. The van der Waals surface area contributed by atoms with E-state index in [1.807, 2.05) is 19.1 Å². The van der Waals surface area contributed by atoms with E-state index in [9.17, 15) is 9.90 Å². The molecule has 1 aromatic heterocycles. The highest BCUT2D eigenvalue weighted by atomic mass is 16.3. The van der Waals surface area contributed by atoms with E-state index >= 15 is 0 Å². The molecule has 0 saturated carbocycles. The Morgan fingerprint density at radius 2 is 2.37 bits per heavy atom. The van der Waals surface area contributed by atoms with E-state index in [4.69, 9.17) is 0 Å². The van der Waals surface area contributed by atoms with Gasteiger partial charge in [-0.25, -0.2) is 4.98 Å². The van der Waals surface area contributed by atoms with E-state index in [0.717, 1.165) is 24.3 Å². The van der Waals surface area contributed by atoms with Crippen molar-refractivity contribution < 1.29 is 9.90 Å². The van der Waals surface area contributed by atoms with Gasteiger partial charge in [0, 0.05) is 26.3 Å². The third-order valence-corrected chi connectivity index (χ3v) is 3.82. The Bertz CT molecular complexity index is 476. The maximum Gasteiger partial charge on any atom is 0.227 e. The van der Waals surface area contributed by atoms with Crippen molar-refractivity contribution in [2.75, 3.05) is 25.0 Å². The Morgan fingerprint density at radius 3 is 3.00 bits per heavy atom. The average molecular weight is 263 g/mol. The van der Waals surface area contributed by atoms with Crippen molar-refractivity contribution in [3.63, 3.8) is 0 Å². The van der Waals surface area contributed by atoms with Crippen molar-refractivity contribution in [3.8, 4) is 0 Å². The summed E-state index contributed by atoms with van der Waals surface area (Å²) in [6.45, 7) is 5.17. The number of rotatable bonds is 3. The van der Waals surface area contributed by atoms with Gasteiger partial charge in [0.15, 0.2) is 0 Å². The third kappa shape index (κ3) is 2.71. The number of nitrogens with zero attached hydrogens (tertiary/aromatic N) is 2. The van der Waals surface area contributed by atoms with E-state index in [-0.39, 0.29) is 11.3 Å². The lowest BCUT2D eigenvalue weighted by Crippen LogP contribution is -2.39. The number of aliphatic hydroxyl groups is 1. The van der Waals surface area contributed by atoms with Gasteiger partial charge in [-0.2, -0.15) is 0 Å². The lowest BCUT2D eigenvalue weighted by Gasteiger charge is -2.23. The number of nitrogens with one attached hydrogen (secondary N) is 1. The number of amides is 1. The first-order valence-corrected chi connectivity index (χ1v) is 6.57. The maximum absolute atomic E-state index is 11.9. The predicted molar refractivity (Wildman–Crippen MR) is 73.9 cm³/mol. The largest absolute Gasteiger partial charge is 0.389 e. The summed E-state index contributed by atoms with van der Waals surface area (Å²) in [5, 5.41) is 12.3. The minimum absolute atomic E-state index is 0.0710. The van der Waals surface area contributed by atoms with E-state index in [1.54, 1.807) is 20.2 Å². The monoisotopic (exact) mass is 263 g/mol. The van der Waals surface area contributed by atoms with Crippen LogP contribution in [0.3, 0.4) is 0 Å². The number of hydrogen-bond donors (Lipinski definition) is 2. The van der Waals surface area contributed by atoms with Crippen LogP contribution in [-0.4, -0.2) is 36.1 Å². The van der Waals surface area contributed by atoms with Crippen molar-refractivity contribution in [1.82, 2.24) is 10.3 Å². The second-order valence-electron chi connectivity index (χ2n) is 5.43. The molecule has 2 atom stereocenters. The molecule has 1 amide bonds. The van der Waals surface area contributed by atoms with E-state index < -0.39 is 6.10 Å².